The van der Waals surface area contributed by atoms with Gasteiger partial charge in [-0.3, -0.25) is 4.79 Å². The first kappa shape index (κ1) is 15.9. The Morgan fingerprint density at radius 2 is 1.86 bits per heavy atom. The number of amides is 1. The summed E-state index contributed by atoms with van der Waals surface area (Å²) >= 11 is 0. The Morgan fingerprint density at radius 1 is 1.14 bits per heavy atom. The van der Waals surface area contributed by atoms with E-state index in [4.69, 9.17) is 4.74 Å². The van der Waals surface area contributed by atoms with Crippen molar-refractivity contribution in [3.63, 3.8) is 0 Å². The molecule has 0 aliphatic carbocycles. The minimum Gasteiger partial charge on any atom is -0.496 e. The maximum absolute atomic E-state index is 12.6. The van der Waals surface area contributed by atoms with Crippen LogP contribution in [0.3, 0.4) is 0 Å². The van der Waals surface area contributed by atoms with E-state index in [-0.39, 0.29) is 6.54 Å². The van der Waals surface area contributed by atoms with Crippen LogP contribution in [0.4, 0.5) is 13.2 Å². The fourth-order valence-corrected chi connectivity index (χ4v) is 1.97. The number of alkyl halides is 3. The van der Waals surface area contributed by atoms with Crippen LogP contribution in [0, 0.1) is 0 Å². The predicted molar refractivity (Wildman–Crippen MR) is 75.6 cm³/mol. The molecule has 1 amide bonds. The Bertz CT molecular complexity index is 668. The number of methoxy groups -OCH3 is 1. The molecule has 3 nitrogen and oxygen atoms in total. The average molecular weight is 309 g/mol. The second kappa shape index (κ2) is 6.51. The summed E-state index contributed by atoms with van der Waals surface area (Å²) < 4.78 is 43.0. The summed E-state index contributed by atoms with van der Waals surface area (Å²) in [7, 11) is 1.44. The van der Waals surface area contributed by atoms with Gasteiger partial charge in [0.1, 0.15) is 5.75 Å². The molecular weight excluding hydrogens is 295 g/mol. The third-order valence-electron chi connectivity index (χ3n) is 3.06. The fraction of sp³-hybridized carbons (Fsp3) is 0.188. The Labute approximate surface area is 125 Å². The van der Waals surface area contributed by atoms with Gasteiger partial charge in [0.05, 0.1) is 18.2 Å². The van der Waals surface area contributed by atoms with Crippen molar-refractivity contribution in [1.29, 1.82) is 0 Å². The van der Waals surface area contributed by atoms with Crippen molar-refractivity contribution in [2.75, 3.05) is 7.11 Å². The summed E-state index contributed by atoms with van der Waals surface area (Å²) in [6.45, 7) is 0.000796. The minimum absolute atomic E-state index is 0.000796. The van der Waals surface area contributed by atoms with Gasteiger partial charge in [0.15, 0.2) is 0 Å². The van der Waals surface area contributed by atoms with Gasteiger partial charge >= 0.3 is 6.18 Å². The van der Waals surface area contributed by atoms with E-state index in [9.17, 15) is 18.0 Å². The molecule has 6 heteroatoms. The molecule has 1 N–H and O–H groups in total. The summed E-state index contributed by atoms with van der Waals surface area (Å²) in [6.07, 6.45) is -4.40. The smallest absolute Gasteiger partial charge is 0.416 e. The van der Waals surface area contributed by atoms with Crippen molar-refractivity contribution in [3.8, 4) is 5.75 Å². The second-order valence-electron chi connectivity index (χ2n) is 4.58. The zero-order valence-electron chi connectivity index (χ0n) is 11.8. The first-order valence-corrected chi connectivity index (χ1v) is 6.49. The molecule has 0 radical (unpaired) electrons. The summed E-state index contributed by atoms with van der Waals surface area (Å²) in [5, 5.41) is 2.58. The molecule has 0 heterocycles. The Kier molecular flexibility index (Phi) is 4.70. The van der Waals surface area contributed by atoms with Crippen LogP contribution >= 0.6 is 0 Å². The maximum atomic E-state index is 12.6. The van der Waals surface area contributed by atoms with Crippen LogP contribution in [0.2, 0.25) is 0 Å². The molecule has 116 valence electrons. The summed E-state index contributed by atoms with van der Waals surface area (Å²) in [4.78, 5) is 12.1. The number of para-hydroxylation sites is 1. The van der Waals surface area contributed by atoms with Crippen molar-refractivity contribution in [1.82, 2.24) is 5.32 Å². The highest BCUT2D eigenvalue weighted by Gasteiger charge is 2.30. The molecule has 0 spiro atoms. The highest BCUT2D eigenvalue weighted by atomic mass is 19.4. The van der Waals surface area contributed by atoms with Gasteiger partial charge < -0.3 is 10.1 Å². The van der Waals surface area contributed by atoms with Crippen LogP contribution in [0.5, 0.6) is 5.75 Å². The molecule has 0 fully saturated rings. The van der Waals surface area contributed by atoms with Gasteiger partial charge in [-0.25, -0.2) is 0 Å². The van der Waals surface area contributed by atoms with Crippen molar-refractivity contribution in [2.45, 2.75) is 12.7 Å². The summed E-state index contributed by atoms with van der Waals surface area (Å²) in [6, 6.07) is 11.5. The van der Waals surface area contributed by atoms with Gasteiger partial charge in [-0.05, 0) is 29.8 Å². The highest BCUT2D eigenvalue weighted by Crippen LogP contribution is 2.29. The lowest BCUT2D eigenvalue weighted by molar-refractivity contribution is -0.137. The predicted octanol–water partition coefficient (Wildman–Crippen LogP) is 3.64. The number of hydrogen-bond acceptors (Lipinski definition) is 2. The number of carbonyl (C=O) groups excluding carboxylic acids is 1. The van der Waals surface area contributed by atoms with E-state index in [2.05, 4.69) is 5.32 Å². The lowest BCUT2D eigenvalue weighted by Crippen LogP contribution is -2.23. The van der Waals surface area contributed by atoms with Gasteiger partial charge in [-0.15, -0.1) is 0 Å². The normalized spacial score (nSPS) is 11.1. The minimum atomic E-state index is -4.40. The fourth-order valence-electron chi connectivity index (χ4n) is 1.97. The molecule has 2 aromatic carbocycles. The van der Waals surface area contributed by atoms with Gasteiger partial charge in [0.2, 0.25) is 0 Å². The van der Waals surface area contributed by atoms with Crippen LogP contribution in [0.25, 0.3) is 0 Å². The van der Waals surface area contributed by atoms with Crippen LogP contribution in [0.1, 0.15) is 21.5 Å². The van der Waals surface area contributed by atoms with E-state index < -0.39 is 17.6 Å². The van der Waals surface area contributed by atoms with Crippen LogP contribution < -0.4 is 10.1 Å². The number of nitrogens with one attached hydrogen (secondary N) is 1. The Morgan fingerprint density at radius 3 is 2.55 bits per heavy atom. The Balaban J connectivity index is 2.08. The molecule has 0 unspecified atom stereocenters. The Hall–Kier alpha value is -2.50. The van der Waals surface area contributed by atoms with E-state index in [0.29, 0.717) is 16.9 Å². The molecule has 0 aliphatic heterocycles. The van der Waals surface area contributed by atoms with E-state index in [0.717, 1.165) is 12.1 Å². The van der Waals surface area contributed by atoms with Gasteiger partial charge in [0, 0.05) is 6.54 Å². The number of ether oxygens (including phenoxy) is 1. The van der Waals surface area contributed by atoms with Crippen molar-refractivity contribution < 1.29 is 22.7 Å². The van der Waals surface area contributed by atoms with E-state index in [1.165, 1.54) is 19.2 Å². The van der Waals surface area contributed by atoms with E-state index in [1.54, 1.807) is 24.3 Å². The summed E-state index contributed by atoms with van der Waals surface area (Å²) in [5.74, 6) is -0.00101. The number of hydrogen-bond donors (Lipinski definition) is 1. The highest BCUT2D eigenvalue weighted by molar-refractivity contribution is 5.96. The van der Waals surface area contributed by atoms with E-state index in [1.807, 2.05) is 0 Å². The van der Waals surface area contributed by atoms with E-state index >= 15 is 0 Å². The SMILES string of the molecule is COc1ccccc1C(=O)NCc1cccc(C(F)(F)F)c1. The average Bonchev–Trinajstić information content (AvgIpc) is 2.52. The topological polar surface area (TPSA) is 38.3 Å². The standard InChI is InChI=1S/C16H14F3NO2/c1-22-14-8-3-2-7-13(14)15(21)20-10-11-5-4-6-12(9-11)16(17,18)19/h2-9H,10H2,1H3,(H,20,21). The van der Waals surface area contributed by atoms with Gasteiger partial charge in [-0.2, -0.15) is 13.2 Å². The van der Waals surface area contributed by atoms with Crippen LogP contribution in [-0.4, -0.2) is 13.0 Å². The molecule has 2 rings (SSSR count). The third-order valence-corrected chi connectivity index (χ3v) is 3.06. The zero-order valence-corrected chi connectivity index (χ0v) is 11.8. The van der Waals surface area contributed by atoms with Gasteiger partial charge in [-0.1, -0.05) is 24.3 Å². The first-order valence-electron chi connectivity index (χ1n) is 6.49. The monoisotopic (exact) mass is 309 g/mol. The molecule has 0 bridgehead atoms. The number of benzene rings is 2. The molecule has 0 aromatic heterocycles. The van der Waals surface area contributed by atoms with Crippen molar-refractivity contribution in [2.24, 2.45) is 0 Å². The van der Waals surface area contributed by atoms with Gasteiger partial charge in [0.25, 0.3) is 5.91 Å². The summed E-state index contributed by atoms with van der Waals surface area (Å²) in [5.41, 5.74) is -0.0356. The lowest BCUT2D eigenvalue weighted by atomic mass is 10.1. The maximum Gasteiger partial charge on any atom is 0.416 e. The largest absolute Gasteiger partial charge is 0.496 e. The zero-order chi connectivity index (χ0) is 16.2. The molecule has 0 saturated carbocycles. The first-order chi connectivity index (χ1) is 10.4. The van der Waals surface area contributed by atoms with Crippen LogP contribution in [-0.2, 0) is 12.7 Å². The lowest BCUT2D eigenvalue weighted by Gasteiger charge is -2.11. The molecule has 2 aromatic rings. The number of carbonyl (C=O) groups is 1. The quantitative estimate of drug-likeness (QED) is 0.936. The number of halogens is 3. The molecule has 0 aliphatic rings. The van der Waals surface area contributed by atoms with Crippen molar-refractivity contribution in [3.05, 3.63) is 65.2 Å². The molecular formula is C16H14F3NO2. The molecule has 0 atom stereocenters. The number of rotatable bonds is 4. The van der Waals surface area contributed by atoms with Crippen LogP contribution in [0.15, 0.2) is 48.5 Å². The third kappa shape index (κ3) is 3.78. The van der Waals surface area contributed by atoms with Crippen molar-refractivity contribution >= 4 is 5.91 Å². The molecule has 22 heavy (non-hydrogen) atoms. The second-order valence-corrected chi connectivity index (χ2v) is 4.58. The molecule has 0 saturated heterocycles.